The Bertz CT molecular complexity index is 1240. The van der Waals surface area contributed by atoms with Crippen molar-refractivity contribution >= 4 is 47.2 Å². The van der Waals surface area contributed by atoms with Crippen LogP contribution in [0.25, 0.3) is 6.08 Å². The van der Waals surface area contributed by atoms with Crippen LogP contribution in [0.3, 0.4) is 0 Å². The first-order valence-electron chi connectivity index (χ1n) is 11.7. The maximum absolute atomic E-state index is 12.5. The topological polar surface area (TPSA) is 146 Å². The summed E-state index contributed by atoms with van der Waals surface area (Å²) in [5.41, 5.74) is 1.12. The van der Waals surface area contributed by atoms with Crippen molar-refractivity contribution in [3.8, 4) is 17.2 Å². The second kappa shape index (κ2) is 14.2. The Hall–Kier alpha value is -4.67. The predicted octanol–water partition coefficient (Wildman–Crippen LogP) is 3.73. The van der Waals surface area contributed by atoms with Crippen molar-refractivity contribution in [2.45, 2.75) is 34.6 Å². The van der Waals surface area contributed by atoms with E-state index in [2.05, 4.69) is 10.6 Å². The Morgan fingerprint density at radius 1 is 0.868 bits per heavy atom. The molecule has 0 aliphatic heterocycles. The third-order valence-electron chi connectivity index (χ3n) is 4.58. The molecule has 0 saturated carbocycles. The summed E-state index contributed by atoms with van der Waals surface area (Å²) in [6, 6.07) is 9.01. The van der Waals surface area contributed by atoms with Crippen LogP contribution in [-0.2, 0) is 28.7 Å². The van der Waals surface area contributed by atoms with Gasteiger partial charge in [-0.1, -0.05) is 19.9 Å². The van der Waals surface area contributed by atoms with Crippen molar-refractivity contribution in [1.82, 2.24) is 0 Å². The van der Waals surface area contributed by atoms with Crippen LogP contribution in [0.2, 0.25) is 0 Å². The minimum atomic E-state index is -0.604. The van der Waals surface area contributed by atoms with Crippen LogP contribution in [0.5, 0.6) is 17.2 Å². The zero-order chi connectivity index (χ0) is 28.2. The van der Waals surface area contributed by atoms with Crippen LogP contribution in [0.15, 0.2) is 42.5 Å². The highest BCUT2D eigenvalue weighted by Crippen LogP contribution is 2.30. The van der Waals surface area contributed by atoms with Crippen LogP contribution in [0.4, 0.5) is 11.4 Å². The SMILES string of the molecule is CCOC(=O)COc1ccc(NC(=O)/C=C/c2ccc(OC(C)=O)c(OC(C)=O)c2)cc1NC(=O)C(C)C. The Morgan fingerprint density at radius 2 is 1.53 bits per heavy atom. The molecule has 202 valence electrons. The second-order valence-electron chi connectivity index (χ2n) is 8.16. The molecule has 38 heavy (non-hydrogen) atoms. The van der Waals surface area contributed by atoms with Gasteiger partial charge in [0.1, 0.15) is 5.75 Å². The van der Waals surface area contributed by atoms with Gasteiger partial charge in [0.25, 0.3) is 0 Å². The molecule has 0 spiro atoms. The molecular weight excluding hydrogens is 496 g/mol. The van der Waals surface area contributed by atoms with E-state index >= 15 is 0 Å². The molecule has 11 nitrogen and oxygen atoms in total. The number of carbonyl (C=O) groups is 5. The highest BCUT2D eigenvalue weighted by Gasteiger charge is 2.15. The molecule has 0 aromatic heterocycles. The molecule has 2 amide bonds. The van der Waals surface area contributed by atoms with E-state index in [1.54, 1.807) is 32.9 Å². The molecule has 2 N–H and O–H groups in total. The normalized spacial score (nSPS) is 10.6. The molecule has 0 radical (unpaired) electrons. The number of carbonyl (C=O) groups excluding carboxylic acids is 5. The molecule has 2 aromatic rings. The molecule has 0 heterocycles. The molecule has 0 saturated heterocycles. The fourth-order valence-electron chi connectivity index (χ4n) is 2.91. The van der Waals surface area contributed by atoms with Gasteiger partial charge in [0.15, 0.2) is 18.1 Å². The van der Waals surface area contributed by atoms with Crippen LogP contribution in [-0.4, -0.2) is 42.9 Å². The number of nitrogens with one attached hydrogen (secondary N) is 2. The monoisotopic (exact) mass is 526 g/mol. The summed E-state index contributed by atoms with van der Waals surface area (Å²) in [6.07, 6.45) is 2.72. The summed E-state index contributed by atoms with van der Waals surface area (Å²) in [6.45, 7) is 7.40. The van der Waals surface area contributed by atoms with Crippen LogP contribution in [0.1, 0.15) is 40.2 Å². The molecular formula is C27H30N2O9. The summed E-state index contributed by atoms with van der Waals surface area (Å²) in [7, 11) is 0. The van der Waals surface area contributed by atoms with E-state index in [0.29, 0.717) is 11.3 Å². The van der Waals surface area contributed by atoms with E-state index in [0.717, 1.165) is 0 Å². The Kier molecular flexibility index (Phi) is 11.0. The average Bonchev–Trinajstić information content (AvgIpc) is 2.83. The number of amides is 2. The minimum absolute atomic E-state index is 0.0270. The molecule has 0 aliphatic carbocycles. The van der Waals surface area contributed by atoms with Gasteiger partial charge in [-0.3, -0.25) is 19.2 Å². The van der Waals surface area contributed by atoms with E-state index in [-0.39, 0.29) is 48.0 Å². The van der Waals surface area contributed by atoms with Gasteiger partial charge in [-0.2, -0.15) is 0 Å². The minimum Gasteiger partial charge on any atom is -0.480 e. The Morgan fingerprint density at radius 3 is 2.16 bits per heavy atom. The van der Waals surface area contributed by atoms with E-state index in [1.165, 1.54) is 50.3 Å². The van der Waals surface area contributed by atoms with E-state index < -0.39 is 23.8 Å². The summed E-state index contributed by atoms with van der Waals surface area (Å²) in [5, 5.41) is 5.39. The molecule has 11 heteroatoms. The largest absolute Gasteiger partial charge is 0.480 e. The Balaban J connectivity index is 2.19. The fraction of sp³-hybridized carbons (Fsp3) is 0.296. The third-order valence-corrected chi connectivity index (χ3v) is 4.58. The third kappa shape index (κ3) is 9.76. The van der Waals surface area contributed by atoms with Crippen LogP contribution in [0, 0.1) is 5.92 Å². The average molecular weight is 527 g/mol. The maximum atomic E-state index is 12.5. The Labute approximate surface area is 220 Å². The highest BCUT2D eigenvalue weighted by molar-refractivity contribution is 6.03. The van der Waals surface area contributed by atoms with E-state index in [4.69, 9.17) is 18.9 Å². The molecule has 0 fully saturated rings. The lowest BCUT2D eigenvalue weighted by atomic mass is 10.1. The van der Waals surface area contributed by atoms with Crippen molar-refractivity contribution in [2.75, 3.05) is 23.8 Å². The maximum Gasteiger partial charge on any atom is 0.344 e. The van der Waals surface area contributed by atoms with Crippen molar-refractivity contribution in [1.29, 1.82) is 0 Å². The number of benzene rings is 2. The van der Waals surface area contributed by atoms with E-state index in [9.17, 15) is 24.0 Å². The van der Waals surface area contributed by atoms with Gasteiger partial charge in [0, 0.05) is 31.5 Å². The van der Waals surface area contributed by atoms with Gasteiger partial charge in [0.2, 0.25) is 11.8 Å². The number of ether oxygens (including phenoxy) is 4. The quantitative estimate of drug-likeness (QED) is 0.254. The number of hydrogen-bond acceptors (Lipinski definition) is 9. The van der Waals surface area contributed by atoms with Gasteiger partial charge < -0.3 is 29.6 Å². The molecule has 0 unspecified atom stereocenters. The smallest absolute Gasteiger partial charge is 0.344 e. The van der Waals surface area contributed by atoms with Crippen molar-refractivity contribution in [3.05, 3.63) is 48.0 Å². The number of esters is 3. The summed E-state index contributed by atoms with van der Waals surface area (Å²) < 4.78 is 20.4. The first-order chi connectivity index (χ1) is 18.0. The van der Waals surface area contributed by atoms with Gasteiger partial charge in [-0.05, 0) is 48.9 Å². The number of hydrogen-bond donors (Lipinski definition) is 2. The molecule has 2 rings (SSSR count). The van der Waals surface area contributed by atoms with Crippen molar-refractivity contribution in [2.24, 2.45) is 5.92 Å². The lowest BCUT2D eigenvalue weighted by molar-refractivity contribution is -0.145. The van der Waals surface area contributed by atoms with Gasteiger partial charge >= 0.3 is 17.9 Å². The van der Waals surface area contributed by atoms with Crippen LogP contribution >= 0.6 is 0 Å². The standard InChI is InChI=1S/C27H30N2O9/c1-6-35-26(33)15-36-22-11-9-20(14-21(22)29-27(34)16(2)3)28-25(32)12-8-19-7-10-23(37-17(4)30)24(13-19)38-18(5)31/h7-14,16H,6,15H2,1-5H3,(H,28,32)(H,29,34)/b12-8+. The summed E-state index contributed by atoms with van der Waals surface area (Å²) in [4.78, 5) is 59.1. The number of anilines is 2. The molecule has 0 atom stereocenters. The zero-order valence-electron chi connectivity index (χ0n) is 21.8. The highest BCUT2D eigenvalue weighted by atomic mass is 16.6. The lowest BCUT2D eigenvalue weighted by Gasteiger charge is -2.15. The molecule has 0 bridgehead atoms. The van der Waals surface area contributed by atoms with Crippen LogP contribution < -0.4 is 24.8 Å². The first kappa shape index (κ1) is 29.6. The summed E-state index contributed by atoms with van der Waals surface area (Å²) >= 11 is 0. The first-order valence-corrected chi connectivity index (χ1v) is 11.7. The lowest BCUT2D eigenvalue weighted by Crippen LogP contribution is -2.20. The second-order valence-corrected chi connectivity index (χ2v) is 8.16. The van der Waals surface area contributed by atoms with Gasteiger partial charge in [0.05, 0.1) is 12.3 Å². The van der Waals surface area contributed by atoms with Gasteiger partial charge in [-0.25, -0.2) is 4.79 Å². The molecule has 0 aliphatic rings. The van der Waals surface area contributed by atoms with Gasteiger partial charge in [-0.15, -0.1) is 0 Å². The fourth-order valence-corrected chi connectivity index (χ4v) is 2.91. The van der Waals surface area contributed by atoms with Crippen molar-refractivity contribution < 1.29 is 42.9 Å². The summed E-state index contributed by atoms with van der Waals surface area (Å²) in [5.74, 6) is -2.53. The van der Waals surface area contributed by atoms with E-state index in [1.807, 2.05) is 0 Å². The predicted molar refractivity (Wildman–Crippen MR) is 139 cm³/mol. The molecule has 2 aromatic carbocycles. The van der Waals surface area contributed by atoms with Crippen molar-refractivity contribution in [3.63, 3.8) is 0 Å². The number of rotatable bonds is 11. The zero-order valence-corrected chi connectivity index (χ0v) is 21.8.